The Hall–Kier alpha value is -2.37. The molecule has 0 spiro atoms. The van der Waals surface area contributed by atoms with Gasteiger partial charge in [0, 0.05) is 18.8 Å². The topological polar surface area (TPSA) is 75.7 Å². The van der Waals surface area contributed by atoms with Crippen molar-refractivity contribution < 1.29 is 19.1 Å². The molecule has 0 bridgehead atoms. The number of nitrogens with one attached hydrogen (secondary N) is 1. The maximum absolute atomic E-state index is 12.5. The SMILES string of the molecule is CCOC(=O)c1ccc(NC(=O)C2CC2C(=O)N2CCCC(C)C2)cc1. The zero-order valence-corrected chi connectivity index (χ0v) is 15.4. The fraction of sp³-hybridized carbons (Fsp3) is 0.550. The van der Waals surface area contributed by atoms with E-state index in [-0.39, 0.29) is 29.6 Å². The molecule has 6 heteroatoms. The van der Waals surface area contributed by atoms with Gasteiger partial charge in [0.15, 0.2) is 0 Å². The minimum atomic E-state index is -0.381. The van der Waals surface area contributed by atoms with Crippen molar-refractivity contribution in [1.29, 1.82) is 0 Å². The van der Waals surface area contributed by atoms with Gasteiger partial charge in [0.25, 0.3) is 0 Å². The average molecular weight is 358 g/mol. The van der Waals surface area contributed by atoms with Crippen LogP contribution in [0.3, 0.4) is 0 Å². The summed E-state index contributed by atoms with van der Waals surface area (Å²) in [5, 5.41) is 2.84. The number of amides is 2. The largest absolute Gasteiger partial charge is 0.462 e. The summed E-state index contributed by atoms with van der Waals surface area (Å²) < 4.78 is 4.93. The van der Waals surface area contributed by atoms with Gasteiger partial charge in [-0.05, 0) is 56.4 Å². The third-order valence-corrected chi connectivity index (χ3v) is 5.08. The highest BCUT2D eigenvalue weighted by Gasteiger charge is 2.49. The standard InChI is InChI=1S/C20H26N2O4/c1-3-26-20(25)14-6-8-15(9-7-14)21-18(23)16-11-17(16)19(24)22-10-4-5-13(2)12-22/h6-9,13,16-17H,3-5,10-12H2,1-2H3,(H,21,23). The first-order valence-electron chi connectivity index (χ1n) is 9.36. The quantitative estimate of drug-likeness (QED) is 0.821. The molecule has 140 valence electrons. The van der Waals surface area contributed by atoms with Crippen LogP contribution in [0.2, 0.25) is 0 Å². The smallest absolute Gasteiger partial charge is 0.338 e. The summed E-state index contributed by atoms with van der Waals surface area (Å²) in [6, 6.07) is 6.60. The lowest BCUT2D eigenvalue weighted by molar-refractivity contribution is -0.135. The summed E-state index contributed by atoms with van der Waals surface area (Å²) in [4.78, 5) is 38.5. The molecule has 1 saturated carbocycles. The lowest BCUT2D eigenvalue weighted by Gasteiger charge is -2.31. The molecule has 0 radical (unpaired) electrons. The van der Waals surface area contributed by atoms with Crippen molar-refractivity contribution in [3.63, 3.8) is 0 Å². The zero-order valence-electron chi connectivity index (χ0n) is 15.4. The van der Waals surface area contributed by atoms with E-state index in [1.54, 1.807) is 31.2 Å². The van der Waals surface area contributed by atoms with Crippen LogP contribution in [0.4, 0.5) is 5.69 Å². The van der Waals surface area contributed by atoms with E-state index >= 15 is 0 Å². The van der Waals surface area contributed by atoms with Gasteiger partial charge in [-0.25, -0.2) is 4.79 Å². The molecule has 3 atom stereocenters. The van der Waals surface area contributed by atoms with Crippen LogP contribution in [0.25, 0.3) is 0 Å². The van der Waals surface area contributed by atoms with Crippen molar-refractivity contribution >= 4 is 23.5 Å². The number of anilines is 1. The molecule has 1 heterocycles. The van der Waals surface area contributed by atoms with Gasteiger partial charge in [-0.15, -0.1) is 0 Å². The minimum Gasteiger partial charge on any atom is -0.462 e. The molecule has 1 aliphatic carbocycles. The third kappa shape index (κ3) is 4.23. The van der Waals surface area contributed by atoms with Crippen molar-refractivity contribution in [3.05, 3.63) is 29.8 Å². The number of ether oxygens (including phenoxy) is 1. The fourth-order valence-corrected chi connectivity index (χ4v) is 3.52. The normalized spacial score (nSPS) is 24.7. The number of nitrogens with zero attached hydrogens (tertiary/aromatic N) is 1. The fourth-order valence-electron chi connectivity index (χ4n) is 3.52. The summed E-state index contributed by atoms with van der Waals surface area (Å²) >= 11 is 0. The predicted octanol–water partition coefficient (Wildman–Crippen LogP) is 2.70. The molecular formula is C20H26N2O4. The first kappa shape index (κ1) is 18.4. The molecule has 0 aromatic heterocycles. The monoisotopic (exact) mass is 358 g/mol. The highest BCUT2D eigenvalue weighted by molar-refractivity contribution is 6.00. The first-order valence-corrected chi connectivity index (χ1v) is 9.36. The van der Waals surface area contributed by atoms with Crippen molar-refractivity contribution in [3.8, 4) is 0 Å². The van der Waals surface area contributed by atoms with Crippen LogP contribution in [0, 0.1) is 17.8 Å². The van der Waals surface area contributed by atoms with Gasteiger partial charge < -0.3 is 15.0 Å². The van der Waals surface area contributed by atoms with E-state index in [0.717, 1.165) is 19.5 Å². The van der Waals surface area contributed by atoms with E-state index in [4.69, 9.17) is 4.74 Å². The van der Waals surface area contributed by atoms with Crippen LogP contribution in [-0.2, 0) is 14.3 Å². The van der Waals surface area contributed by atoms with Crippen LogP contribution in [0.5, 0.6) is 0 Å². The Bertz CT molecular complexity index is 686. The van der Waals surface area contributed by atoms with Crippen LogP contribution < -0.4 is 5.32 Å². The van der Waals surface area contributed by atoms with Crippen LogP contribution in [0.15, 0.2) is 24.3 Å². The molecule has 1 aliphatic heterocycles. The van der Waals surface area contributed by atoms with E-state index in [2.05, 4.69) is 12.2 Å². The molecule has 1 N–H and O–H groups in total. The number of hydrogen-bond acceptors (Lipinski definition) is 4. The molecule has 2 aliphatic rings. The molecule has 1 aromatic carbocycles. The molecule has 2 amide bonds. The number of esters is 1. The average Bonchev–Trinajstić information content (AvgIpc) is 3.43. The zero-order chi connectivity index (χ0) is 18.7. The van der Waals surface area contributed by atoms with Gasteiger partial charge in [-0.3, -0.25) is 9.59 Å². The molecule has 6 nitrogen and oxygen atoms in total. The van der Waals surface area contributed by atoms with Crippen LogP contribution in [0.1, 0.15) is 43.5 Å². The Balaban J connectivity index is 1.51. The number of carbonyl (C=O) groups excluding carboxylic acids is 3. The number of piperidine rings is 1. The van der Waals surface area contributed by atoms with Crippen LogP contribution in [-0.4, -0.2) is 42.4 Å². The van der Waals surface area contributed by atoms with Crippen LogP contribution >= 0.6 is 0 Å². The summed E-state index contributed by atoms with van der Waals surface area (Å²) in [6.45, 7) is 5.85. The second-order valence-electron chi connectivity index (χ2n) is 7.27. The Morgan fingerprint density at radius 2 is 1.92 bits per heavy atom. The maximum atomic E-state index is 12.5. The Labute approximate surface area is 153 Å². The summed E-state index contributed by atoms with van der Waals surface area (Å²) in [7, 11) is 0. The number of benzene rings is 1. The highest BCUT2D eigenvalue weighted by Crippen LogP contribution is 2.41. The first-order chi connectivity index (χ1) is 12.5. The second kappa shape index (κ2) is 7.89. The van der Waals surface area contributed by atoms with E-state index in [0.29, 0.717) is 30.2 Å². The lowest BCUT2D eigenvalue weighted by atomic mass is 10.00. The molecule has 1 saturated heterocycles. The van der Waals surface area contributed by atoms with E-state index < -0.39 is 0 Å². The molecule has 26 heavy (non-hydrogen) atoms. The predicted molar refractivity (Wildman–Crippen MR) is 97.6 cm³/mol. The maximum Gasteiger partial charge on any atom is 0.338 e. The molecule has 2 fully saturated rings. The van der Waals surface area contributed by atoms with Crippen molar-refractivity contribution in [1.82, 2.24) is 4.90 Å². The number of hydrogen-bond donors (Lipinski definition) is 1. The van der Waals surface area contributed by atoms with E-state index in [1.807, 2.05) is 4.90 Å². The van der Waals surface area contributed by atoms with Crippen molar-refractivity contribution in [2.45, 2.75) is 33.1 Å². The second-order valence-corrected chi connectivity index (χ2v) is 7.27. The summed E-state index contributed by atoms with van der Waals surface area (Å²) in [6.07, 6.45) is 2.83. The molecule has 3 unspecified atom stereocenters. The summed E-state index contributed by atoms with van der Waals surface area (Å²) in [5.74, 6) is -0.277. The van der Waals surface area contributed by atoms with Gasteiger partial charge in [0.2, 0.25) is 11.8 Å². The number of likely N-dealkylation sites (tertiary alicyclic amines) is 1. The summed E-state index contributed by atoms with van der Waals surface area (Å²) in [5.41, 5.74) is 1.07. The van der Waals surface area contributed by atoms with Gasteiger partial charge in [-0.2, -0.15) is 0 Å². The molecular weight excluding hydrogens is 332 g/mol. The van der Waals surface area contributed by atoms with Gasteiger partial charge >= 0.3 is 5.97 Å². The Kier molecular flexibility index (Phi) is 5.59. The number of rotatable bonds is 5. The van der Waals surface area contributed by atoms with E-state index in [1.165, 1.54) is 6.42 Å². The van der Waals surface area contributed by atoms with E-state index in [9.17, 15) is 14.4 Å². The van der Waals surface area contributed by atoms with Crippen molar-refractivity contribution in [2.75, 3.05) is 25.0 Å². The van der Waals surface area contributed by atoms with Gasteiger partial charge in [-0.1, -0.05) is 6.92 Å². The number of carbonyl (C=O) groups is 3. The van der Waals surface area contributed by atoms with Gasteiger partial charge in [0.05, 0.1) is 24.0 Å². The van der Waals surface area contributed by atoms with Gasteiger partial charge in [0.1, 0.15) is 0 Å². The molecule has 1 aromatic rings. The Morgan fingerprint density at radius 3 is 2.58 bits per heavy atom. The lowest BCUT2D eigenvalue weighted by Crippen LogP contribution is -2.40. The Morgan fingerprint density at radius 1 is 1.19 bits per heavy atom. The minimum absolute atomic E-state index is 0.120. The van der Waals surface area contributed by atoms with Crippen molar-refractivity contribution in [2.24, 2.45) is 17.8 Å². The third-order valence-electron chi connectivity index (χ3n) is 5.08. The molecule has 3 rings (SSSR count). The highest BCUT2D eigenvalue weighted by atomic mass is 16.5.